The molecule has 7 nitrogen and oxygen atoms in total. The lowest BCUT2D eigenvalue weighted by Gasteiger charge is -2.08. The molecule has 0 bridgehead atoms. The summed E-state index contributed by atoms with van der Waals surface area (Å²) in [7, 11) is 0. The number of aromatic nitrogens is 4. The van der Waals surface area contributed by atoms with Gasteiger partial charge in [0, 0.05) is 6.54 Å². The summed E-state index contributed by atoms with van der Waals surface area (Å²) in [6.07, 6.45) is 5.28. The maximum absolute atomic E-state index is 12.7. The zero-order valence-corrected chi connectivity index (χ0v) is 14.9. The molecule has 134 valence electrons. The molecular weight excluding hydrogens is 330 g/mol. The van der Waals surface area contributed by atoms with Gasteiger partial charge in [-0.2, -0.15) is 5.10 Å². The van der Waals surface area contributed by atoms with Gasteiger partial charge in [-0.15, -0.1) is 0 Å². The highest BCUT2D eigenvalue weighted by Crippen LogP contribution is 2.27. The first-order chi connectivity index (χ1) is 12.5. The minimum absolute atomic E-state index is 0.0246. The average Bonchev–Trinajstić information content (AvgIpc) is 3.32. The van der Waals surface area contributed by atoms with Gasteiger partial charge in [0.25, 0.3) is 5.56 Å². The van der Waals surface area contributed by atoms with Crippen LogP contribution in [0.5, 0.6) is 0 Å². The van der Waals surface area contributed by atoms with Gasteiger partial charge in [0.1, 0.15) is 18.3 Å². The highest BCUT2D eigenvalue weighted by molar-refractivity contribution is 5.77. The number of rotatable bonds is 5. The van der Waals surface area contributed by atoms with Crippen molar-refractivity contribution < 1.29 is 4.79 Å². The number of hydrogen-bond acceptors (Lipinski definition) is 4. The summed E-state index contributed by atoms with van der Waals surface area (Å²) in [6.45, 7) is 4.70. The molecule has 2 aromatic heterocycles. The fraction of sp³-hybridized carbons (Fsp3) is 0.368. The fourth-order valence-corrected chi connectivity index (χ4v) is 3.11. The van der Waals surface area contributed by atoms with Crippen LogP contribution < -0.4 is 10.9 Å². The van der Waals surface area contributed by atoms with E-state index >= 15 is 0 Å². The predicted molar refractivity (Wildman–Crippen MR) is 98.3 cm³/mol. The summed E-state index contributed by atoms with van der Waals surface area (Å²) in [6, 6.07) is 6.08. The van der Waals surface area contributed by atoms with E-state index in [1.807, 2.05) is 26.0 Å². The maximum Gasteiger partial charge on any atom is 0.264 e. The lowest BCUT2D eigenvalue weighted by atomic mass is 10.1. The van der Waals surface area contributed by atoms with E-state index < -0.39 is 0 Å². The lowest BCUT2D eigenvalue weighted by Crippen LogP contribution is -2.33. The van der Waals surface area contributed by atoms with Crippen LogP contribution in [-0.2, 0) is 11.3 Å². The Labute approximate surface area is 150 Å². The van der Waals surface area contributed by atoms with Crippen LogP contribution in [0, 0.1) is 19.8 Å². The molecule has 0 saturated heterocycles. The highest BCUT2D eigenvalue weighted by atomic mass is 16.2. The van der Waals surface area contributed by atoms with Crippen LogP contribution in [0.2, 0.25) is 0 Å². The van der Waals surface area contributed by atoms with E-state index in [1.165, 1.54) is 29.9 Å². The molecule has 1 saturated carbocycles. The van der Waals surface area contributed by atoms with Crippen LogP contribution in [-0.4, -0.2) is 31.8 Å². The largest absolute Gasteiger partial charge is 0.354 e. The topological polar surface area (TPSA) is 81.8 Å². The van der Waals surface area contributed by atoms with E-state index in [1.54, 1.807) is 4.68 Å². The van der Waals surface area contributed by atoms with Crippen molar-refractivity contribution >= 4 is 16.9 Å². The minimum Gasteiger partial charge on any atom is -0.354 e. The van der Waals surface area contributed by atoms with Crippen molar-refractivity contribution in [2.24, 2.45) is 5.92 Å². The van der Waals surface area contributed by atoms with Gasteiger partial charge in [-0.05, 0) is 55.9 Å². The summed E-state index contributed by atoms with van der Waals surface area (Å²) in [4.78, 5) is 29.1. The Morgan fingerprint density at radius 3 is 2.65 bits per heavy atom. The molecule has 1 amide bonds. The van der Waals surface area contributed by atoms with Crippen molar-refractivity contribution in [3.8, 4) is 5.69 Å². The Morgan fingerprint density at radius 1 is 1.23 bits per heavy atom. The molecule has 7 heteroatoms. The van der Waals surface area contributed by atoms with E-state index in [-0.39, 0.29) is 18.0 Å². The second-order valence-electron chi connectivity index (χ2n) is 7.06. The smallest absolute Gasteiger partial charge is 0.264 e. The Balaban J connectivity index is 1.64. The zero-order valence-electron chi connectivity index (χ0n) is 14.9. The second kappa shape index (κ2) is 6.40. The summed E-state index contributed by atoms with van der Waals surface area (Å²) in [5.74, 6) is 0.439. The van der Waals surface area contributed by atoms with Crippen LogP contribution >= 0.6 is 0 Å². The second-order valence-corrected chi connectivity index (χ2v) is 7.06. The number of amides is 1. The van der Waals surface area contributed by atoms with Crippen molar-refractivity contribution in [1.29, 1.82) is 0 Å². The number of nitrogens with zero attached hydrogens (tertiary/aromatic N) is 4. The SMILES string of the molecule is Cc1cc(C)cc(-n2ncc3c(=O)n(CC(=O)NCC4CC4)cnc32)c1. The molecule has 0 aliphatic heterocycles. The Kier molecular flexibility index (Phi) is 4.06. The van der Waals surface area contributed by atoms with Crippen LogP contribution in [0.4, 0.5) is 0 Å². The van der Waals surface area contributed by atoms with Gasteiger partial charge in [-0.1, -0.05) is 6.07 Å². The number of benzene rings is 1. The van der Waals surface area contributed by atoms with Crippen LogP contribution in [0.25, 0.3) is 16.7 Å². The molecule has 0 spiro atoms. The molecule has 1 aliphatic carbocycles. The number of aryl methyl sites for hydroxylation is 2. The third-order valence-electron chi connectivity index (χ3n) is 4.60. The first-order valence-electron chi connectivity index (χ1n) is 8.80. The van der Waals surface area contributed by atoms with Gasteiger partial charge in [-0.25, -0.2) is 9.67 Å². The van der Waals surface area contributed by atoms with Crippen molar-refractivity contribution in [3.05, 3.63) is 52.2 Å². The van der Waals surface area contributed by atoms with E-state index in [4.69, 9.17) is 0 Å². The Morgan fingerprint density at radius 2 is 1.96 bits per heavy atom. The molecule has 0 unspecified atom stereocenters. The number of hydrogen-bond donors (Lipinski definition) is 1. The van der Waals surface area contributed by atoms with E-state index in [2.05, 4.69) is 21.5 Å². The maximum atomic E-state index is 12.7. The van der Waals surface area contributed by atoms with Gasteiger partial charge < -0.3 is 5.32 Å². The number of nitrogens with one attached hydrogen (secondary N) is 1. The molecule has 1 N–H and O–H groups in total. The van der Waals surface area contributed by atoms with Gasteiger partial charge in [0.05, 0.1) is 11.9 Å². The van der Waals surface area contributed by atoms with Gasteiger partial charge >= 0.3 is 0 Å². The fourth-order valence-electron chi connectivity index (χ4n) is 3.11. The van der Waals surface area contributed by atoms with Crippen molar-refractivity contribution in [1.82, 2.24) is 24.6 Å². The summed E-state index contributed by atoms with van der Waals surface area (Å²) < 4.78 is 2.99. The van der Waals surface area contributed by atoms with Crippen molar-refractivity contribution in [2.45, 2.75) is 33.2 Å². The van der Waals surface area contributed by atoms with Gasteiger partial charge in [0.2, 0.25) is 5.91 Å². The van der Waals surface area contributed by atoms with Crippen LogP contribution in [0.15, 0.2) is 35.5 Å². The molecule has 1 aromatic carbocycles. The monoisotopic (exact) mass is 351 g/mol. The summed E-state index contributed by atoms with van der Waals surface area (Å²) >= 11 is 0. The summed E-state index contributed by atoms with van der Waals surface area (Å²) in [5, 5.41) is 7.61. The Hall–Kier alpha value is -2.96. The standard InChI is InChI=1S/C19H21N5O2/c1-12-5-13(2)7-15(6-12)24-18-16(9-22-24)19(26)23(11-21-18)10-17(25)20-8-14-3-4-14/h5-7,9,11,14H,3-4,8,10H2,1-2H3,(H,20,25). The van der Waals surface area contributed by atoms with Crippen molar-refractivity contribution in [3.63, 3.8) is 0 Å². The molecule has 4 rings (SSSR count). The number of carbonyl (C=O) groups is 1. The molecule has 0 radical (unpaired) electrons. The van der Waals surface area contributed by atoms with Gasteiger partial charge in [-0.3, -0.25) is 14.2 Å². The van der Waals surface area contributed by atoms with E-state index in [0.29, 0.717) is 23.5 Å². The zero-order chi connectivity index (χ0) is 18.3. The van der Waals surface area contributed by atoms with Crippen molar-refractivity contribution in [2.75, 3.05) is 6.54 Å². The number of carbonyl (C=O) groups excluding carboxylic acids is 1. The van der Waals surface area contributed by atoms with Gasteiger partial charge in [0.15, 0.2) is 5.65 Å². The predicted octanol–water partition coefficient (Wildman–Crippen LogP) is 1.73. The molecule has 26 heavy (non-hydrogen) atoms. The van der Waals surface area contributed by atoms with Crippen LogP contribution in [0.3, 0.4) is 0 Å². The molecule has 0 atom stereocenters. The Bertz CT molecular complexity index is 1030. The first-order valence-corrected chi connectivity index (χ1v) is 8.80. The normalized spacial score (nSPS) is 13.9. The minimum atomic E-state index is -0.257. The molecule has 1 fully saturated rings. The molecular formula is C19H21N5O2. The highest BCUT2D eigenvalue weighted by Gasteiger charge is 2.21. The summed E-state index contributed by atoms with van der Waals surface area (Å²) in [5.41, 5.74) is 3.33. The first kappa shape index (κ1) is 16.5. The van der Waals surface area contributed by atoms with Crippen LogP contribution in [0.1, 0.15) is 24.0 Å². The third-order valence-corrected chi connectivity index (χ3v) is 4.60. The third kappa shape index (κ3) is 3.24. The quantitative estimate of drug-likeness (QED) is 0.759. The average molecular weight is 351 g/mol. The number of fused-ring (bicyclic) bond motifs is 1. The molecule has 2 heterocycles. The molecule has 1 aliphatic rings. The molecule has 3 aromatic rings. The van der Waals surface area contributed by atoms with E-state index in [9.17, 15) is 9.59 Å². The lowest BCUT2D eigenvalue weighted by molar-refractivity contribution is -0.121. The van der Waals surface area contributed by atoms with E-state index in [0.717, 1.165) is 16.8 Å².